The molecule has 0 spiro atoms. The zero-order chi connectivity index (χ0) is 27.7. The van der Waals surface area contributed by atoms with Gasteiger partial charge in [-0.05, 0) is 43.2 Å². The third kappa shape index (κ3) is 6.17. The number of carboxylic acid groups (broad SMARTS) is 1. The number of ether oxygens (including phenoxy) is 1. The van der Waals surface area contributed by atoms with E-state index in [-0.39, 0.29) is 33.7 Å². The summed E-state index contributed by atoms with van der Waals surface area (Å²) in [6.45, 7) is 4.59. The summed E-state index contributed by atoms with van der Waals surface area (Å²) in [5.74, 6) is -0.686. The average molecular weight is 572 g/mol. The van der Waals surface area contributed by atoms with E-state index in [1.165, 1.54) is 16.8 Å². The fourth-order valence-corrected chi connectivity index (χ4v) is 5.83. The summed E-state index contributed by atoms with van der Waals surface area (Å²) in [6.07, 6.45) is 3.76. The maximum Gasteiger partial charge on any atom is 0.337 e. The second-order valence-corrected chi connectivity index (χ2v) is 12.1. The number of aromatic carboxylic acids is 1. The smallest absolute Gasteiger partial charge is 0.337 e. The Morgan fingerprint density at radius 3 is 2.62 bits per heavy atom. The highest BCUT2D eigenvalue weighted by Gasteiger charge is 2.39. The van der Waals surface area contributed by atoms with Gasteiger partial charge in [-0.25, -0.2) is 4.79 Å². The molecule has 3 N–H and O–H groups in total. The van der Waals surface area contributed by atoms with Crippen molar-refractivity contribution in [3.8, 4) is 11.4 Å². The quantitative estimate of drug-likeness (QED) is 0.292. The number of nitrogens with two attached hydrogens (primary N) is 1. The van der Waals surface area contributed by atoms with E-state index in [9.17, 15) is 19.2 Å². The highest BCUT2D eigenvalue weighted by atomic mass is 35.5. The summed E-state index contributed by atoms with van der Waals surface area (Å²) in [5.41, 5.74) is 7.43. The number of carboxylic acids is 1. The molecule has 1 aliphatic carbocycles. The van der Waals surface area contributed by atoms with Gasteiger partial charge in [0.2, 0.25) is 5.75 Å². The normalized spacial score (nSPS) is 17.6. The Bertz CT molecular complexity index is 1440. The number of nitrogens with zero attached hydrogens (tertiary/aromatic N) is 4. The molecule has 2 aliphatic rings. The van der Waals surface area contributed by atoms with Crippen LogP contribution in [0.3, 0.4) is 0 Å². The Morgan fingerprint density at radius 2 is 1.95 bits per heavy atom. The summed E-state index contributed by atoms with van der Waals surface area (Å²) in [5, 5.41) is 14.2. The first-order valence-corrected chi connectivity index (χ1v) is 14.3. The molecule has 5 rings (SSSR count). The molecule has 1 aliphatic heterocycles. The van der Waals surface area contributed by atoms with E-state index in [0.717, 1.165) is 12.8 Å². The topological polar surface area (TPSA) is 137 Å². The van der Waals surface area contributed by atoms with Gasteiger partial charge in [0.1, 0.15) is 5.69 Å². The third-order valence-electron chi connectivity index (χ3n) is 7.14. The standard InChI is InChI=1S/C27H30ClN5O5S/c1-27(7-8-27)17-38-24-23(15-30-33(25(24)34)20-4-2-3-19(28)14-20)31-9-11-32(12-10-31)39(37)16-18-5-6-22(29)21(13-18)26(35)36/h2-6,13-15H,7-12,16-17,29H2,1H3,(H,35,36). The first kappa shape index (κ1) is 27.3. The van der Waals surface area contributed by atoms with Crippen molar-refractivity contribution in [2.75, 3.05) is 43.4 Å². The number of nitrogen functional groups attached to an aromatic ring is 1. The Morgan fingerprint density at radius 1 is 1.21 bits per heavy atom. The molecule has 0 amide bonds. The van der Waals surface area contributed by atoms with Crippen molar-refractivity contribution < 1.29 is 19.2 Å². The molecule has 1 atom stereocenters. The molecule has 2 aromatic carbocycles. The monoisotopic (exact) mass is 571 g/mol. The predicted molar refractivity (Wildman–Crippen MR) is 151 cm³/mol. The first-order valence-electron chi connectivity index (χ1n) is 12.6. The maximum absolute atomic E-state index is 13.6. The Balaban J connectivity index is 1.32. The SMILES string of the molecule is CC1(COc2c(N3CCN([S+]([O-])Cc4ccc(N)c(C(=O)O)c4)CC3)cnn(-c3cccc(Cl)c3)c2=O)CC1. The number of hydrogen-bond donors (Lipinski definition) is 2. The van der Waals surface area contributed by atoms with Gasteiger partial charge in [0.25, 0.3) is 0 Å². The maximum atomic E-state index is 13.6. The second-order valence-electron chi connectivity index (χ2n) is 10.3. The van der Waals surface area contributed by atoms with Crippen molar-refractivity contribution in [3.05, 3.63) is 75.2 Å². The molecule has 1 unspecified atom stereocenters. The Hall–Kier alpha value is -3.25. The lowest BCUT2D eigenvalue weighted by Gasteiger charge is -2.36. The predicted octanol–water partition coefficient (Wildman–Crippen LogP) is 3.33. The molecule has 0 radical (unpaired) electrons. The van der Waals surface area contributed by atoms with Crippen molar-refractivity contribution in [1.29, 1.82) is 0 Å². The average Bonchev–Trinajstić information content (AvgIpc) is 3.66. The second kappa shape index (κ2) is 11.1. The highest BCUT2D eigenvalue weighted by molar-refractivity contribution is 7.88. The minimum absolute atomic E-state index is 0.00177. The van der Waals surface area contributed by atoms with Crippen molar-refractivity contribution >= 4 is 40.3 Å². The molecular formula is C27H30ClN5O5S. The lowest BCUT2D eigenvalue weighted by molar-refractivity contribution is 0.0698. The van der Waals surface area contributed by atoms with Gasteiger partial charge in [0.15, 0.2) is 5.75 Å². The van der Waals surface area contributed by atoms with Crippen LogP contribution in [-0.2, 0) is 17.1 Å². The molecule has 1 saturated heterocycles. The van der Waals surface area contributed by atoms with E-state index in [2.05, 4.69) is 12.0 Å². The van der Waals surface area contributed by atoms with Gasteiger partial charge in [0.05, 0.1) is 37.1 Å². The molecule has 206 valence electrons. The van der Waals surface area contributed by atoms with E-state index in [1.54, 1.807) is 36.5 Å². The summed E-state index contributed by atoms with van der Waals surface area (Å²) in [4.78, 5) is 27.0. The first-order chi connectivity index (χ1) is 18.6. The minimum atomic E-state index is -1.36. The largest absolute Gasteiger partial charge is 0.598 e. The van der Waals surface area contributed by atoms with Crippen molar-refractivity contribution in [3.63, 3.8) is 0 Å². The van der Waals surface area contributed by atoms with Crippen LogP contribution < -0.4 is 20.9 Å². The molecule has 2 fully saturated rings. The van der Waals surface area contributed by atoms with Crippen LogP contribution in [0.25, 0.3) is 5.69 Å². The van der Waals surface area contributed by atoms with Crippen molar-refractivity contribution in [2.24, 2.45) is 5.41 Å². The van der Waals surface area contributed by atoms with E-state index in [1.807, 2.05) is 9.21 Å². The summed E-state index contributed by atoms with van der Waals surface area (Å²) in [6, 6.07) is 11.6. The number of anilines is 2. The van der Waals surface area contributed by atoms with Crippen LogP contribution >= 0.6 is 11.6 Å². The van der Waals surface area contributed by atoms with Crippen LogP contribution in [0.4, 0.5) is 11.4 Å². The number of carbonyl (C=O) groups is 1. The molecule has 39 heavy (non-hydrogen) atoms. The molecule has 0 bridgehead atoms. The van der Waals surface area contributed by atoms with E-state index < -0.39 is 17.3 Å². The van der Waals surface area contributed by atoms with Gasteiger partial charge in [-0.3, -0.25) is 4.79 Å². The fourth-order valence-electron chi connectivity index (χ4n) is 4.43. The van der Waals surface area contributed by atoms with Gasteiger partial charge < -0.3 is 25.0 Å². The Labute approximate surface area is 234 Å². The van der Waals surface area contributed by atoms with Crippen LogP contribution in [0, 0.1) is 5.41 Å². The number of hydrogen-bond acceptors (Lipinski definition) is 8. The van der Waals surface area contributed by atoms with Crippen LogP contribution in [0.15, 0.2) is 53.5 Å². The van der Waals surface area contributed by atoms with Crippen molar-refractivity contribution in [1.82, 2.24) is 14.1 Å². The van der Waals surface area contributed by atoms with Crippen molar-refractivity contribution in [2.45, 2.75) is 25.5 Å². The van der Waals surface area contributed by atoms with E-state index >= 15 is 0 Å². The molecule has 1 aromatic heterocycles. The number of benzene rings is 2. The summed E-state index contributed by atoms with van der Waals surface area (Å²) in [7, 11) is 0. The number of halogens is 1. The van der Waals surface area contributed by atoms with Crippen LogP contribution in [-0.4, -0.2) is 62.5 Å². The van der Waals surface area contributed by atoms with Gasteiger partial charge >= 0.3 is 11.5 Å². The summed E-state index contributed by atoms with van der Waals surface area (Å²) < 4.78 is 22.4. The number of rotatable bonds is 9. The third-order valence-corrected chi connectivity index (χ3v) is 8.90. The lowest BCUT2D eigenvalue weighted by atomic mass is 10.1. The molecular weight excluding hydrogens is 542 g/mol. The zero-order valence-electron chi connectivity index (χ0n) is 21.5. The Kier molecular flexibility index (Phi) is 7.77. The fraction of sp³-hybridized carbons (Fsp3) is 0.370. The van der Waals surface area contributed by atoms with Gasteiger partial charge in [0, 0.05) is 46.1 Å². The van der Waals surface area contributed by atoms with Gasteiger partial charge in [-0.15, -0.1) is 4.31 Å². The van der Waals surface area contributed by atoms with Crippen LogP contribution in [0.2, 0.25) is 5.02 Å². The number of aromatic nitrogens is 2. The van der Waals surface area contributed by atoms with Gasteiger partial charge in [-0.1, -0.05) is 30.7 Å². The molecule has 2 heterocycles. The lowest BCUT2D eigenvalue weighted by Crippen LogP contribution is -2.49. The molecule has 10 nitrogen and oxygen atoms in total. The van der Waals surface area contributed by atoms with E-state index in [4.69, 9.17) is 22.1 Å². The minimum Gasteiger partial charge on any atom is -0.598 e. The summed E-state index contributed by atoms with van der Waals surface area (Å²) >= 11 is 4.79. The number of piperazine rings is 1. The highest BCUT2D eigenvalue weighted by Crippen LogP contribution is 2.45. The van der Waals surface area contributed by atoms with E-state index in [0.29, 0.717) is 54.7 Å². The zero-order valence-corrected chi connectivity index (χ0v) is 23.1. The van der Waals surface area contributed by atoms with Crippen LogP contribution in [0.1, 0.15) is 35.7 Å². The molecule has 3 aromatic rings. The molecule has 1 saturated carbocycles. The van der Waals surface area contributed by atoms with Gasteiger partial charge in [-0.2, -0.15) is 9.78 Å². The van der Waals surface area contributed by atoms with Crippen LogP contribution in [0.5, 0.6) is 5.75 Å². The molecule has 12 heteroatoms.